The lowest BCUT2D eigenvalue weighted by atomic mass is 10.0. The summed E-state index contributed by atoms with van der Waals surface area (Å²) in [4.78, 5) is 9.51. The monoisotopic (exact) mass is 486 g/mol. The van der Waals surface area contributed by atoms with Gasteiger partial charge < -0.3 is 0 Å². The number of hydrogen-bond acceptors (Lipinski definition) is 2. The molecule has 4 heterocycles. The number of hydrogen-bond donors (Lipinski definition) is 0. The molecule has 0 saturated carbocycles. The quantitative estimate of drug-likeness (QED) is 0.252. The molecular formula is C34H22N4. The topological polar surface area (TPSA) is 35.6 Å². The Morgan fingerprint density at radius 3 is 1.34 bits per heavy atom. The number of benzene rings is 4. The second-order valence-corrected chi connectivity index (χ2v) is 9.55. The lowest BCUT2D eigenvalue weighted by Crippen LogP contribution is -1.97. The van der Waals surface area contributed by atoms with Crippen molar-refractivity contribution in [1.82, 2.24) is 19.1 Å². The van der Waals surface area contributed by atoms with Crippen molar-refractivity contribution < 1.29 is 0 Å². The first-order chi connectivity index (χ1) is 18.9. The number of pyridine rings is 2. The maximum absolute atomic E-state index is 4.76. The molecule has 4 aromatic heterocycles. The van der Waals surface area contributed by atoms with E-state index in [2.05, 4.69) is 118 Å². The molecule has 0 N–H and O–H groups in total. The van der Waals surface area contributed by atoms with Crippen LogP contribution in [0.3, 0.4) is 0 Å². The summed E-state index contributed by atoms with van der Waals surface area (Å²) in [6.07, 6.45) is 3.73. The Balaban J connectivity index is 1.32. The van der Waals surface area contributed by atoms with Gasteiger partial charge in [0.1, 0.15) is 11.3 Å². The summed E-state index contributed by atoms with van der Waals surface area (Å²) in [5.74, 6) is 0. The second kappa shape index (κ2) is 8.15. The predicted octanol–water partition coefficient (Wildman–Crippen LogP) is 8.34. The molecule has 0 aliphatic rings. The van der Waals surface area contributed by atoms with E-state index in [1.165, 1.54) is 10.8 Å². The molecule has 8 aromatic rings. The summed E-state index contributed by atoms with van der Waals surface area (Å²) in [5, 5.41) is 4.74. The highest BCUT2D eigenvalue weighted by Gasteiger charge is 2.15. The van der Waals surface area contributed by atoms with E-state index in [1.54, 1.807) is 0 Å². The Hall–Kier alpha value is -5.22. The van der Waals surface area contributed by atoms with Crippen LogP contribution >= 0.6 is 0 Å². The van der Waals surface area contributed by atoms with Crippen molar-refractivity contribution in [3.63, 3.8) is 0 Å². The molecule has 0 spiro atoms. The van der Waals surface area contributed by atoms with Crippen molar-refractivity contribution >= 4 is 43.9 Å². The zero-order valence-electron chi connectivity index (χ0n) is 20.5. The first-order valence-electron chi connectivity index (χ1n) is 12.8. The van der Waals surface area contributed by atoms with E-state index in [4.69, 9.17) is 9.97 Å². The first-order valence-corrected chi connectivity index (χ1v) is 12.8. The van der Waals surface area contributed by atoms with Gasteiger partial charge in [-0.3, -0.25) is 9.13 Å². The van der Waals surface area contributed by atoms with E-state index in [0.29, 0.717) is 0 Å². The minimum absolute atomic E-state index is 0.968. The second-order valence-electron chi connectivity index (χ2n) is 9.55. The van der Waals surface area contributed by atoms with Gasteiger partial charge in [0.15, 0.2) is 0 Å². The minimum Gasteiger partial charge on any atom is -0.294 e. The van der Waals surface area contributed by atoms with Gasteiger partial charge in [0.2, 0.25) is 0 Å². The summed E-state index contributed by atoms with van der Waals surface area (Å²) in [7, 11) is 0. The van der Waals surface area contributed by atoms with Crippen molar-refractivity contribution in [2.75, 3.05) is 0 Å². The van der Waals surface area contributed by atoms with Crippen LogP contribution in [-0.2, 0) is 0 Å². The van der Waals surface area contributed by atoms with Gasteiger partial charge in [-0.15, -0.1) is 0 Å². The fourth-order valence-electron chi connectivity index (χ4n) is 5.76. The van der Waals surface area contributed by atoms with Crippen molar-refractivity contribution in [1.29, 1.82) is 0 Å². The third kappa shape index (κ3) is 3.04. The highest BCUT2D eigenvalue weighted by atomic mass is 15.1. The molecule has 0 amide bonds. The molecule has 0 atom stereocenters. The van der Waals surface area contributed by atoms with Gasteiger partial charge in [-0.2, -0.15) is 0 Å². The third-order valence-electron chi connectivity index (χ3n) is 7.41. The molecule has 4 nitrogen and oxygen atoms in total. The molecule has 0 radical (unpaired) electrons. The average Bonchev–Trinajstić information content (AvgIpc) is 3.51. The molecule has 0 bridgehead atoms. The minimum atomic E-state index is 0.968. The zero-order chi connectivity index (χ0) is 25.1. The summed E-state index contributed by atoms with van der Waals surface area (Å²) < 4.78 is 4.52. The summed E-state index contributed by atoms with van der Waals surface area (Å²) in [6.45, 7) is 0. The van der Waals surface area contributed by atoms with Crippen molar-refractivity contribution in [3.05, 3.63) is 134 Å². The molecule has 38 heavy (non-hydrogen) atoms. The molecule has 0 aliphatic heterocycles. The Bertz CT molecular complexity index is 1890. The Labute approximate surface area is 219 Å². The van der Waals surface area contributed by atoms with E-state index in [1.807, 2.05) is 24.5 Å². The molecular weight excluding hydrogens is 464 g/mol. The number of fused-ring (bicyclic) bond motifs is 6. The van der Waals surface area contributed by atoms with E-state index < -0.39 is 0 Å². The van der Waals surface area contributed by atoms with Crippen LogP contribution in [0.15, 0.2) is 134 Å². The highest BCUT2D eigenvalue weighted by molar-refractivity contribution is 6.08. The molecule has 178 valence electrons. The van der Waals surface area contributed by atoms with Crippen molar-refractivity contribution in [2.24, 2.45) is 0 Å². The lowest BCUT2D eigenvalue weighted by molar-refractivity contribution is 1.13. The Kier molecular flexibility index (Phi) is 4.49. The van der Waals surface area contributed by atoms with E-state index in [-0.39, 0.29) is 0 Å². The van der Waals surface area contributed by atoms with Crippen LogP contribution in [0.4, 0.5) is 0 Å². The Morgan fingerprint density at radius 1 is 0.395 bits per heavy atom. The number of rotatable bonds is 3. The molecule has 4 heteroatoms. The fourth-order valence-corrected chi connectivity index (χ4v) is 5.76. The molecule has 4 aromatic carbocycles. The zero-order valence-corrected chi connectivity index (χ0v) is 20.5. The highest BCUT2D eigenvalue weighted by Crippen LogP contribution is 2.34. The maximum Gasteiger partial charge on any atom is 0.145 e. The third-order valence-corrected chi connectivity index (χ3v) is 7.41. The number of nitrogens with zero attached hydrogens (tertiary/aromatic N) is 4. The van der Waals surface area contributed by atoms with Crippen LogP contribution in [0, 0.1) is 0 Å². The van der Waals surface area contributed by atoms with Crippen molar-refractivity contribution in [2.45, 2.75) is 0 Å². The van der Waals surface area contributed by atoms with Gasteiger partial charge in [-0.25, -0.2) is 9.97 Å². The van der Waals surface area contributed by atoms with Crippen LogP contribution in [0.2, 0.25) is 0 Å². The normalized spacial score (nSPS) is 11.7. The van der Waals surface area contributed by atoms with Crippen LogP contribution in [0.25, 0.3) is 66.4 Å². The van der Waals surface area contributed by atoms with Crippen LogP contribution in [-0.4, -0.2) is 19.1 Å². The summed E-state index contributed by atoms with van der Waals surface area (Å²) in [6, 6.07) is 42.8. The standard InChI is InChI=1S/C34H22N4/c1-3-17-31-27(13-1)29-15-7-19-35-33(29)37(31)25-11-5-9-23(21-25)24-10-6-12-26(22-24)38-32-18-4-2-14-28(32)30-16-8-20-36-34(30)38/h1-22H. The smallest absolute Gasteiger partial charge is 0.145 e. The van der Waals surface area contributed by atoms with E-state index in [9.17, 15) is 0 Å². The number of aromatic nitrogens is 4. The summed E-state index contributed by atoms with van der Waals surface area (Å²) in [5.41, 5.74) is 8.74. The molecule has 0 unspecified atom stereocenters. The van der Waals surface area contributed by atoms with E-state index >= 15 is 0 Å². The molecule has 8 rings (SSSR count). The van der Waals surface area contributed by atoms with Gasteiger partial charge in [-0.05, 0) is 71.8 Å². The number of para-hydroxylation sites is 2. The summed E-state index contributed by atoms with van der Waals surface area (Å²) >= 11 is 0. The molecule has 0 fully saturated rings. The first kappa shape index (κ1) is 20.9. The Morgan fingerprint density at radius 2 is 0.842 bits per heavy atom. The molecule has 0 aliphatic carbocycles. The van der Waals surface area contributed by atoms with E-state index in [0.717, 1.165) is 55.6 Å². The average molecular weight is 487 g/mol. The fraction of sp³-hybridized carbons (Fsp3) is 0. The van der Waals surface area contributed by atoms with Crippen molar-refractivity contribution in [3.8, 4) is 22.5 Å². The maximum atomic E-state index is 4.76. The van der Waals surface area contributed by atoms with Gasteiger partial charge in [0, 0.05) is 45.3 Å². The van der Waals surface area contributed by atoms with Crippen LogP contribution < -0.4 is 0 Å². The van der Waals surface area contributed by atoms with Gasteiger partial charge in [-0.1, -0.05) is 60.7 Å². The SMILES string of the molecule is c1cc(-c2cccc(-n3c4ccccc4c4cccnc43)c2)cc(-n2c3ccccc3c3cccnc32)c1. The van der Waals surface area contributed by atoms with Crippen LogP contribution in [0.1, 0.15) is 0 Å². The lowest BCUT2D eigenvalue weighted by Gasteiger charge is -2.12. The molecule has 0 saturated heterocycles. The van der Waals surface area contributed by atoms with Crippen LogP contribution in [0.5, 0.6) is 0 Å². The van der Waals surface area contributed by atoms with Gasteiger partial charge >= 0.3 is 0 Å². The van der Waals surface area contributed by atoms with Gasteiger partial charge in [0.25, 0.3) is 0 Å². The predicted molar refractivity (Wildman–Crippen MR) is 156 cm³/mol. The largest absolute Gasteiger partial charge is 0.294 e. The van der Waals surface area contributed by atoms with Gasteiger partial charge in [0.05, 0.1) is 11.0 Å².